The fourth-order valence-corrected chi connectivity index (χ4v) is 3.54. The molecule has 0 saturated heterocycles. The van der Waals surface area contributed by atoms with Crippen molar-refractivity contribution < 1.29 is 4.79 Å². The second-order valence-electron chi connectivity index (χ2n) is 5.05. The standard InChI is InChI=1S/C16H21NOS/c1-3-16(4-2,11-17)15(18)9-12-10-19-14-8-6-5-7-13(12)14/h5-8,10H,3-4,9,11,17H2,1-2H3. The maximum absolute atomic E-state index is 12.6. The van der Waals surface area contributed by atoms with Crippen molar-refractivity contribution in [3.63, 3.8) is 0 Å². The number of carbonyl (C=O) groups is 1. The Bertz CT molecular complexity index is 561. The number of rotatable bonds is 6. The van der Waals surface area contributed by atoms with Crippen molar-refractivity contribution in [1.29, 1.82) is 0 Å². The molecule has 0 aliphatic carbocycles. The highest BCUT2D eigenvalue weighted by Gasteiger charge is 2.33. The van der Waals surface area contributed by atoms with Gasteiger partial charge in [-0.15, -0.1) is 11.3 Å². The van der Waals surface area contributed by atoms with E-state index in [9.17, 15) is 4.79 Å². The number of ketones is 1. The highest BCUT2D eigenvalue weighted by atomic mass is 32.1. The van der Waals surface area contributed by atoms with Gasteiger partial charge >= 0.3 is 0 Å². The molecule has 0 saturated carbocycles. The molecule has 2 N–H and O–H groups in total. The normalized spacial score (nSPS) is 11.9. The largest absolute Gasteiger partial charge is 0.329 e. The third kappa shape index (κ3) is 2.58. The monoisotopic (exact) mass is 275 g/mol. The molecule has 0 spiro atoms. The smallest absolute Gasteiger partial charge is 0.144 e. The first-order valence-corrected chi connectivity index (χ1v) is 7.73. The van der Waals surface area contributed by atoms with E-state index in [4.69, 9.17) is 5.73 Å². The summed E-state index contributed by atoms with van der Waals surface area (Å²) in [5.74, 6) is 0.281. The van der Waals surface area contributed by atoms with Gasteiger partial charge in [0.2, 0.25) is 0 Å². The topological polar surface area (TPSA) is 43.1 Å². The number of nitrogens with two attached hydrogens (primary N) is 1. The van der Waals surface area contributed by atoms with Crippen molar-refractivity contribution in [3.05, 3.63) is 35.2 Å². The summed E-state index contributed by atoms with van der Waals surface area (Å²) in [6.45, 7) is 4.56. The lowest BCUT2D eigenvalue weighted by molar-refractivity contribution is -0.128. The van der Waals surface area contributed by atoms with Gasteiger partial charge in [-0.25, -0.2) is 0 Å². The van der Waals surface area contributed by atoms with E-state index in [0.29, 0.717) is 13.0 Å². The molecule has 2 rings (SSSR count). The first-order valence-electron chi connectivity index (χ1n) is 6.85. The zero-order chi connectivity index (χ0) is 13.9. The molecule has 2 nitrogen and oxygen atoms in total. The molecule has 1 heterocycles. The quantitative estimate of drug-likeness (QED) is 0.872. The van der Waals surface area contributed by atoms with Crippen LogP contribution in [0.4, 0.5) is 0 Å². The molecule has 0 bridgehead atoms. The van der Waals surface area contributed by atoms with Gasteiger partial charge < -0.3 is 5.73 Å². The first-order chi connectivity index (χ1) is 9.16. The Morgan fingerprint density at radius 3 is 2.58 bits per heavy atom. The van der Waals surface area contributed by atoms with E-state index in [-0.39, 0.29) is 11.2 Å². The molecule has 0 radical (unpaired) electrons. The Hall–Kier alpha value is -1.19. The molecule has 102 valence electrons. The van der Waals surface area contributed by atoms with E-state index < -0.39 is 0 Å². The third-order valence-electron chi connectivity index (χ3n) is 4.25. The van der Waals surface area contributed by atoms with Crippen molar-refractivity contribution in [2.45, 2.75) is 33.1 Å². The predicted octanol–water partition coefficient (Wildman–Crippen LogP) is 3.78. The highest BCUT2D eigenvalue weighted by molar-refractivity contribution is 7.17. The highest BCUT2D eigenvalue weighted by Crippen LogP contribution is 2.31. The van der Waals surface area contributed by atoms with E-state index in [0.717, 1.165) is 18.4 Å². The fraction of sp³-hybridized carbons (Fsp3) is 0.438. The Kier molecular flexibility index (Phi) is 4.38. The van der Waals surface area contributed by atoms with Crippen molar-refractivity contribution in [3.8, 4) is 0 Å². The lowest BCUT2D eigenvalue weighted by Gasteiger charge is -2.28. The van der Waals surface area contributed by atoms with Crippen LogP contribution in [0, 0.1) is 5.41 Å². The molecule has 0 aliphatic heterocycles. The summed E-state index contributed by atoms with van der Waals surface area (Å²) in [5, 5.41) is 3.31. The second-order valence-corrected chi connectivity index (χ2v) is 5.96. The van der Waals surface area contributed by atoms with Gasteiger partial charge in [-0.05, 0) is 35.2 Å². The van der Waals surface area contributed by atoms with Crippen LogP contribution in [-0.4, -0.2) is 12.3 Å². The zero-order valence-electron chi connectivity index (χ0n) is 11.6. The lowest BCUT2D eigenvalue weighted by Crippen LogP contribution is -2.38. The second kappa shape index (κ2) is 5.85. The van der Waals surface area contributed by atoms with Crippen molar-refractivity contribution >= 4 is 27.2 Å². The van der Waals surface area contributed by atoms with Crippen LogP contribution in [-0.2, 0) is 11.2 Å². The molecular formula is C16H21NOS. The predicted molar refractivity (Wildman–Crippen MR) is 82.6 cm³/mol. The Balaban J connectivity index is 2.28. The summed E-state index contributed by atoms with van der Waals surface area (Å²) in [7, 11) is 0. The Labute approximate surface area is 118 Å². The van der Waals surface area contributed by atoms with Gasteiger partial charge in [0.15, 0.2) is 0 Å². The van der Waals surface area contributed by atoms with Crippen LogP contribution in [0.2, 0.25) is 0 Å². The van der Waals surface area contributed by atoms with Gasteiger partial charge in [0.1, 0.15) is 5.78 Å². The third-order valence-corrected chi connectivity index (χ3v) is 5.26. The molecule has 19 heavy (non-hydrogen) atoms. The maximum Gasteiger partial charge on any atom is 0.144 e. The van der Waals surface area contributed by atoms with E-state index in [1.54, 1.807) is 11.3 Å². The van der Waals surface area contributed by atoms with Crippen molar-refractivity contribution in [2.75, 3.05) is 6.54 Å². The number of carbonyl (C=O) groups excluding carboxylic acids is 1. The molecule has 0 aliphatic rings. The summed E-state index contributed by atoms with van der Waals surface area (Å²) < 4.78 is 1.25. The molecular weight excluding hydrogens is 254 g/mol. The molecule has 0 fully saturated rings. The van der Waals surface area contributed by atoms with Crippen molar-refractivity contribution in [2.24, 2.45) is 11.1 Å². The minimum Gasteiger partial charge on any atom is -0.329 e. The van der Waals surface area contributed by atoms with Gasteiger partial charge in [0, 0.05) is 23.1 Å². The van der Waals surface area contributed by atoms with E-state index in [1.807, 2.05) is 12.1 Å². The minimum atomic E-state index is -0.344. The minimum absolute atomic E-state index is 0.281. The molecule has 0 amide bonds. The van der Waals surface area contributed by atoms with Crippen LogP contribution in [0.1, 0.15) is 32.3 Å². The Morgan fingerprint density at radius 1 is 1.26 bits per heavy atom. The first kappa shape index (κ1) is 14.2. The molecule has 0 unspecified atom stereocenters. The summed E-state index contributed by atoms with van der Waals surface area (Å²) >= 11 is 1.71. The van der Waals surface area contributed by atoms with Crippen LogP contribution in [0.5, 0.6) is 0 Å². The van der Waals surface area contributed by atoms with Crippen molar-refractivity contribution in [1.82, 2.24) is 0 Å². The fourth-order valence-electron chi connectivity index (χ4n) is 2.58. The Morgan fingerprint density at radius 2 is 1.95 bits per heavy atom. The van der Waals surface area contributed by atoms with Crippen LogP contribution in [0.3, 0.4) is 0 Å². The summed E-state index contributed by atoms with van der Waals surface area (Å²) in [6.07, 6.45) is 2.14. The van der Waals surface area contributed by atoms with Crippen LogP contribution in [0.15, 0.2) is 29.6 Å². The number of Topliss-reactive ketones (excluding diaryl/α,β-unsaturated/α-hetero) is 1. The molecule has 3 heteroatoms. The number of hydrogen-bond acceptors (Lipinski definition) is 3. The molecule has 1 aromatic carbocycles. The zero-order valence-corrected chi connectivity index (χ0v) is 12.4. The molecule has 0 atom stereocenters. The average Bonchev–Trinajstić information content (AvgIpc) is 2.85. The average molecular weight is 275 g/mol. The summed E-state index contributed by atoms with van der Waals surface area (Å²) in [6, 6.07) is 8.26. The SMILES string of the molecule is CCC(CC)(CN)C(=O)Cc1csc2ccccc12. The maximum atomic E-state index is 12.6. The molecule has 1 aromatic heterocycles. The lowest BCUT2D eigenvalue weighted by atomic mass is 9.76. The van der Waals surface area contributed by atoms with Gasteiger partial charge in [-0.2, -0.15) is 0 Å². The van der Waals surface area contributed by atoms with Crippen LogP contribution < -0.4 is 5.73 Å². The van der Waals surface area contributed by atoms with E-state index >= 15 is 0 Å². The summed E-state index contributed by atoms with van der Waals surface area (Å²) in [4.78, 5) is 12.6. The van der Waals surface area contributed by atoms with Crippen LogP contribution >= 0.6 is 11.3 Å². The van der Waals surface area contributed by atoms with Crippen LogP contribution in [0.25, 0.3) is 10.1 Å². The number of benzene rings is 1. The van der Waals surface area contributed by atoms with Gasteiger partial charge in [-0.3, -0.25) is 4.79 Å². The van der Waals surface area contributed by atoms with Gasteiger partial charge in [-0.1, -0.05) is 32.0 Å². The number of hydrogen-bond donors (Lipinski definition) is 1. The van der Waals surface area contributed by atoms with E-state index in [2.05, 4.69) is 31.4 Å². The summed E-state index contributed by atoms with van der Waals surface area (Å²) in [5.41, 5.74) is 6.65. The van der Waals surface area contributed by atoms with E-state index in [1.165, 1.54) is 10.1 Å². The van der Waals surface area contributed by atoms with Gasteiger partial charge in [0.05, 0.1) is 0 Å². The number of thiophene rings is 1. The van der Waals surface area contributed by atoms with Gasteiger partial charge in [0.25, 0.3) is 0 Å². The number of fused-ring (bicyclic) bond motifs is 1. The molecule has 2 aromatic rings.